The number of hydrogen-bond donors (Lipinski definition) is 2. The zero-order chi connectivity index (χ0) is 15.0. The predicted molar refractivity (Wildman–Crippen MR) is 74.8 cm³/mol. The molecule has 21 heavy (non-hydrogen) atoms. The van der Waals surface area contributed by atoms with Gasteiger partial charge in [0.1, 0.15) is 5.82 Å². The monoisotopic (exact) mass is 293 g/mol. The SMILES string of the molecule is Nc1ccc2c(c1)CCC2Nc1cc(C(F)(F)F)ccn1. The predicted octanol–water partition coefficient (Wildman–Crippen LogP) is 3.78. The molecule has 0 spiro atoms. The molecule has 1 aromatic carbocycles. The molecule has 1 aliphatic rings. The van der Waals surface area contributed by atoms with E-state index in [-0.39, 0.29) is 11.9 Å². The summed E-state index contributed by atoms with van der Waals surface area (Å²) < 4.78 is 38.1. The number of aryl methyl sites for hydroxylation is 1. The molecular formula is C15H14F3N3. The van der Waals surface area contributed by atoms with Gasteiger partial charge in [-0.1, -0.05) is 6.07 Å². The summed E-state index contributed by atoms with van der Waals surface area (Å²) in [5.74, 6) is 0.236. The van der Waals surface area contributed by atoms with Crippen molar-refractivity contribution in [1.29, 1.82) is 0 Å². The molecular weight excluding hydrogens is 279 g/mol. The van der Waals surface area contributed by atoms with Crippen molar-refractivity contribution in [3.8, 4) is 0 Å². The van der Waals surface area contributed by atoms with Crippen molar-refractivity contribution in [2.45, 2.75) is 25.1 Å². The van der Waals surface area contributed by atoms with E-state index in [1.54, 1.807) is 6.07 Å². The third kappa shape index (κ3) is 2.79. The fourth-order valence-electron chi connectivity index (χ4n) is 2.65. The Morgan fingerprint density at radius 2 is 2.00 bits per heavy atom. The lowest BCUT2D eigenvalue weighted by atomic mass is 10.1. The number of aromatic nitrogens is 1. The fraction of sp³-hybridized carbons (Fsp3) is 0.267. The van der Waals surface area contributed by atoms with E-state index >= 15 is 0 Å². The highest BCUT2D eigenvalue weighted by Gasteiger charge is 2.31. The van der Waals surface area contributed by atoms with Crippen LogP contribution in [0.3, 0.4) is 0 Å². The summed E-state index contributed by atoms with van der Waals surface area (Å²) in [7, 11) is 0. The number of anilines is 2. The summed E-state index contributed by atoms with van der Waals surface area (Å²) >= 11 is 0. The van der Waals surface area contributed by atoms with Crippen molar-refractivity contribution in [2.24, 2.45) is 0 Å². The molecule has 0 aliphatic heterocycles. The quantitative estimate of drug-likeness (QED) is 0.828. The molecule has 0 amide bonds. The minimum atomic E-state index is -4.36. The van der Waals surface area contributed by atoms with Gasteiger partial charge in [0.15, 0.2) is 0 Å². The van der Waals surface area contributed by atoms with Gasteiger partial charge < -0.3 is 11.1 Å². The average molecular weight is 293 g/mol. The average Bonchev–Trinajstić information content (AvgIpc) is 2.80. The molecule has 2 aromatic rings. The summed E-state index contributed by atoms with van der Waals surface area (Å²) in [5, 5.41) is 3.08. The van der Waals surface area contributed by atoms with Crippen molar-refractivity contribution in [3.05, 3.63) is 53.2 Å². The highest BCUT2D eigenvalue weighted by atomic mass is 19.4. The first-order valence-corrected chi connectivity index (χ1v) is 6.61. The number of rotatable bonds is 2. The van der Waals surface area contributed by atoms with E-state index in [2.05, 4.69) is 10.3 Å². The van der Waals surface area contributed by atoms with Crippen LogP contribution in [0.1, 0.15) is 29.2 Å². The topological polar surface area (TPSA) is 50.9 Å². The number of fused-ring (bicyclic) bond motifs is 1. The first kappa shape index (κ1) is 13.7. The zero-order valence-electron chi connectivity index (χ0n) is 11.1. The van der Waals surface area contributed by atoms with Gasteiger partial charge in [-0.25, -0.2) is 4.98 Å². The molecule has 0 saturated carbocycles. The van der Waals surface area contributed by atoms with E-state index in [0.29, 0.717) is 5.69 Å². The summed E-state index contributed by atoms with van der Waals surface area (Å²) in [6.07, 6.45) is -1.51. The summed E-state index contributed by atoms with van der Waals surface area (Å²) in [5.41, 5.74) is 7.95. The largest absolute Gasteiger partial charge is 0.416 e. The Hall–Kier alpha value is -2.24. The van der Waals surface area contributed by atoms with Crippen LogP contribution >= 0.6 is 0 Å². The third-order valence-corrected chi connectivity index (χ3v) is 3.65. The molecule has 0 fully saturated rings. The number of halogens is 3. The summed E-state index contributed by atoms with van der Waals surface area (Å²) in [6.45, 7) is 0. The van der Waals surface area contributed by atoms with E-state index in [4.69, 9.17) is 5.73 Å². The Morgan fingerprint density at radius 1 is 1.19 bits per heavy atom. The molecule has 3 nitrogen and oxygen atoms in total. The maximum atomic E-state index is 12.7. The molecule has 1 unspecified atom stereocenters. The minimum absolute atomic E-state index is 0.0309. The van der Waals surface area contributed by atoms with Gasteiger partial charge in [-0.2, -0.15) is 13.2 Å². The smallest absolute Gasteiger partial charge is 0.399 e. The molecule has 3 N–H and O–H groups in total. The highest BCUT2D eigenvalue weighted by Crippen LogP contribution is 2.35. The number of nitrogens with zero attached hydrogens (tertiary/aromatic N) is 1. The van der Waals surface area contributed by atoms with Crippen molar-refractivity contribution in [2.75, 3.05) is 11.1 Å². The maximum Gasteiger partial charge on any atom is 0.416 e. The van der Waals surface area contributed by atoms with Crippen molar-refractivity contribution in [3.63, 3.8) is 0 Å². The van der Waals surface area contributed by atoms with Gasteiger partial charge in [0.25, 0.3) is 0 Å². The molecule has 1 aliphatic carbocycles. The number of nitrogens with two attached hydrogens (primary N) is 1. The molecule has 0 bridgehead atoms. The Morgan fingerprint density at radius 3 is 2.76 bits per heavy atom. The van der Waals surface area contributed by atoms with Crippen LogP contribution in [0.4, 0.5) is 24.7 Å². The standard InChI is InChI=1S/C15H14F3N3/c16-15(17,18)10-5-6-20-14(8-10)21-13-4-1-9-7-11(19)2-3-12(9)13/h2-3,5-8,13H,1,4,19H2,(H,20,21). The summed E-state index contributed by atoms with van der Waals surface area (Å²) in [4.78, 5) is 3.97. The number of pyridine rings is 1. The first-order valence-electron chi connectivity index (χ1n) is 6.61. The van der Waals surface area contributed by atoms with Gasteiger partial charge in [-0.05, 0) is 48.2 Å². The number of nitrogens with one attached hydrogen (secondary N) is 1. The molecule has 1 heterocycles. The Balaban J connectivity index is 1.83. The molecule has 1 atom stereocenters. The molecule has 0 saturated heterocycles. The molecule has 3 rings (SSSR count). The van der Waals surface area contributed by atoms with Crippen molar-refractivity contribution < 1.29 is 13.2 Å². The van der Waals surface area contributed by atoms with Crippen LogP contribution < -0.4 is 11.1 Å². The second kappa shape index (κ2) is 4.95. The second-order valence-corrected chi connectivity index (χ2v) is 5.12. The van der Waals surface area contributed by atoms with Crippen LogP contribution in [0.2, 0.25) is 0 Å². The molecule has 0 radical (unpaired) electrons. The van der Waals surface area contributed by atoms with E-state index in [1.165, 1.54) is 6.20 Å². The van der Waals surface area contributed by atoms with E-state index in [9.17, 15) is 13.2 Å². The Labute approximate surface area is 120 Å². The molecule has 110 valence electrons. The summed E-state index contributed by atoms with van der Waals surface area (Å²) in [6, 6.07) is 7.61. The normalized spacial score (nSPS) is 17.6. The zero-order valence-corrected chi connectivity index (χ0v) is 11.1. The number of alkyl halides is 3. The first-order chi connectivity index (χ1) is 9.93. The van der Waals surface area contributed by atoms with Gasteiger partial charge in [0, 0.05) is 11.9 Å². The third-order valence-electron chi connectivity index (χ3n) is 3.65. The second-order valence-electron chi connectivity index (χ2n) is 5.12. The minimum Gasteiger partial charge on any atom is -0.399 e. The van der Waals surface area contributed by atoms with E-state index in [0.717, 1.165) is 36.1 Å². The number of nitrogen functional groups attached to an aromatic ring is 1. The molecule has 1 aromatic heterocycles. The van der Waals surface area contributed by atoms with E-state index in [1.807, 2.05) is 12.1 Å². The highest BCUT2D eigenvalue weighted by molar-refractivity contribution is 5.51. The van der Waals surface area contributed by atoms with Gasteiger partial charge >= 0.3 is 6.18 Å². The van der Waals surface area contributed by atoms with Crippen molar-refractivity contribution >= 4 is 11.5 Å². The number of hydrogen-bond acceptors (Lipinski definition) is 3. The fourth-order valence-corrected chi connectivity index (χ4v) is 2.65. The van der Waals surface area contributed by atoms with Crippen LogP contribution in [0, 0.1) is 0 Å². The lowest BCUT2D eigenvalue weighted by Crippen LogP contribution is -2.11. The van der Waals surface area contributed by atoms with Gasteiger partial charge in [-0.3, -0.25) is 0 Å². The van der Waals surface area contributed by atoms with Crippen LogP contribution in [-0.2, 0) is 12.6 Å². The molecule has 6 heteroatoms. The van der Waals surface area contributed by atoms with E-state index < -0.39 is 11.7 Å². The van der Waals surface area contributed by atoms with Crippen LogP contribution in [0.25, 0.3) is 0 Å². The Kier molecular flexibility index (Phi) is 3.23. The van der Waals surface area contributed by atoms with Crippen molar-refractivity contribution in [1.82, 2.24) is 4.98 Å². The van der Waals surface area contributed by atoms with Crippen LogP contribution in [0.15, 0.2) is 36.5 Å². The lowest BCUT2D eigenvalue weighted by molar-refractivity contribution is -0.137. The number of benzene rings is 1. The van der Waals surface area contributed by atoms with Gasteiger partial charge in [0.2, 0.25) is 0 Å². The van der Waals surface area contributed by atoms with Gasteiger partial charge in [-0.15, -0.1) is 0 Å². The van der Waals surface area contributed by atoms with Gasteiger partial charge in [0.05, 0.1) is 11.6 Å². The van der Waals surface area contributed by atoms with Crippen LogP contribution in [0.5, 0.6) is 0 Å². The Bertz CT molecular complexity index is 667. The van der Waals surface area contributed by atoms with Crippen LogP contribution in [-0.4, -0.2) is 4.98 Å². The lowest BCUT2D eigenvalue weighted by Gasteiger charge is -2.16. The maximum absolute atomic E-state index is 12.7.